The molecule has 8 rings (SSSR count). The third kappa shape index (κ3) is 13.0. The highest BCUT2D eigenvalue weighted by atomic mass is 31.3. The average Bonchev–Trinajstić information content (AvgIpc) is 4.17. The van der Waals surface area contributed by atoms with Gasteiger partial charge in [0.1, 0.15) is 54.6 Å². The van der Waals surface area contributed by atoms with Gasteiger partial charge in [0.05, 0.1) is 45.9 Å². The third-order valence-electron chi connectivity index (χ3n) is 12.0. The van der Waals surface area contributed by atoms with Crippen LogP contribution in [0.25, 0.3) is 11.2 Å². The van der Waals surface area contributed by atoms with E-state index >= 15 is 0 Å². The molecule has 0 aromatic carbocycles. The van der Waals surface area contributed by atoms with Gasteiger partial charge in [-0.2, -0.15) is 18.2 Å². The molecular weight excluding hydrogens is 1120 g/mol. The van der Waals surface area contributed by atoms with Gasteiger partial charge in [0.2, 0.25) is 24.2 Å². The van der Waals surface area contributed by atoms with Crippen molar-refractivity contribution in [3.8, 4) is 0 Å². The molecule has 37 nitrogen and oxygen atoms in total. The molecule has 4 aromatic rings. The molecule has 41 heteroatoms. The van der Waals surface area contributed by atoms with Crippen molar-refractivity contribution in [1.82, 2.24) is 44.3 Å². The molecule has 0 radical (unpaired) electrons. The molecule has 77 heavy (non-hydrogen) atoms. The lowest BCUT2D eigenvalue weighted by atomic mass is 9.99. The molecule has 5 unspecified atom stereocenters. The Morgan fingerprint density at radius 1 is 0.779 bits per heavy atom. The van der Waals surface area contributed by atoms with E-state index in [2.05, 4.69) is 39.2 Å². The Labute approximate surface area is 432 Å². The van der Waals surface area contributed by atoms with Gasteiger partial charge in [0.25, 0.3) is 11.4 Å². The zero-order valence-corrected chi connectivity index (χ0v) is 44.3. The topological polar surface area (TPSA) is 501 Å². The zero-order valence-electron chi connectivity index (χ0n) is 40.8. The second-order valence-corrected chi connectivity index (χ2v) is 23.8. The van der Waals surface area contributed by atoms with Crippen molar-refractivity contribution in [2.45, 2.75) is 93.6 Å². The maximum atomic E-state index is 13.6. The fourth-order valence-electron chi connectivity index (χ4n) is 8.71. The number of phosphoric ester groups is 3. The van der Waals surface area contributed by atoms with Gasteiger partial charge in [-0.05, 0) is 13.8 Å². The molecule has 8 heterocycles. The lowest BCUT2D eigenvalue weighted by Crippen LogP contribution is -2.47. The van der Waals surface area contributed by atoms with Crippen molar-refractivity contribution >= 4 is 60.0 Å². The number of methoxy groups -OCH3 is 2. The van der Waals surface area contributed by atoms with Gasteiger partial charge >= 0.3 is 37.0 Å². The van der Waals surface area contributed by atoms with Gasteiger partial charge in [-0.15, -0.1) is 0 Å². The van der Waals surface area contributed by atoms with Gasteiger partial charge in [-0.1, -0.05) is 0 Å². The van der Waals surface area contributed by atoms with Crippen LogP contribution >= 0.6 is 31.3 Å². The Bertz CT molecular complexity index is 3140. The van der Waals surface area contributed by atoms with E-state index in [0.29, 0.717) is 0 Å². The van der Waals surface area contributed by atoms with E-state index in [4.69, 9.17) is 47.5 Å². The molecule has 4 aliphatic rings. The summed E-state index contributed by atoms with van der Waals surface area (Å²) in [6.45, 7) is 0.258. The summed E-state index contributed by atoms with van der Waals surface area (Å²) in [5.74, 6) is -0.721. The fraction of sp³-hybridized carbons (Fsp3) is 0.639. The number of aliphatic hydroxyl groups excluding tert-OH is 4. The number of ether oxygens (including phenoxy) is 5. The minimum Gasteiger partial charge on any atom is -0.387 e. The highest BCUT2D eigenvalue weighted by Gasteiger charge is 2.54. The summed E-state index contributed by atoms with van der Waals surface area (Å²) in [6, 6.07) is 0.827. The quantitative estimate of drug-likeness (QED) is 0.0272. The van der Waals surface area contributed by atoms with Crippen LogP contribution in [0.1, 0.15) is 44.5 Å². The Morgan fingerprint density at radius 3 is 2.05 bits per heavy atom. The van der Waals surface area contributed by atoms with Gasteiger partial charge in [-0.25, -0.2) is 42.6 Å². The van der Waals surface area contributed by atoms with Gasteiger partial charge < -0.3 is 80.1 Å². The van der Waals surface area contributed by atoms with Crippen molar-refractivity contribution < 1.29 is 113 Å². The number of aromatic nitrogens is 8. The van der Waals surface area contributed by atoms with Crippen LogP contribution in [0.15, 0.2) is 45.8 Å². The number of rotatable bonds is 22. The number of hydrogen-bond acceptors (Lipinski definition) is 28. The van der Waals surface area contributed by atoms with Crippen molar-refractivity contribution in [3.05, 3.63) is 57.8 Å². The van der Waals surface area contributed by atoms with E-state index in [1.807, 2.05) is 18.8 Å². The third-order valence-corrected chi connectivity index (χ3v) is 17.3. The Balaban J connectivity index is 0.934. The van der Waals surface area contributed by atoms with E-state index in [0.717, 1.165) is 36.6 Å². The summed E-state index contributed by atoms with van der Waals surface area (Å²) < 4.78 is 115. The lowest BCUT2D eigenvalue weighted by molar-refractivity contribution is -0.682. The number of aryl methyl sites for hydroxylation is 1. The molecule has 3 fully saturated rings. The highest BCUT2D eigenvalue weighted by Crippen LogP contribution is 2.68. The van der Waals surface area contributed by atoms with E-state index in [-0.39, 0.29) is 47.1 Å². The SMILES string of the molecule is COC[C@H]1[C@@H](O)[C@H](n2c[n+](C)c3c2N=C(NC(C)C)NC3O)O[C@@H]1COP(=O)(O)OP(=O)(O)OP(=O)(O)OC[C@H]1O[C@@H](n2cnc3c(N)ncnc32)[C@H](OC)[C@@H]1OP(=O)(O)OC[C@H]1O[C@@H](n2ccc(=O)[nH]c2=O)[C@H](O)[C@@H]1O. The number of aromatic amines is 1. The van der Waals surface area contributed by atoms with Crippen molar-refractivity contribution in [2.75, 3.05) is 46.4 Å². The highest BCUT2D eigenvalue weighted by molar-refractivity contribution is 7.66. The van der Waals surface area contributed by atoms with E-state index < -0.39 is 142 Å². The number of nitrogens with zero attached hydrogens (tertiary/aromatic N) is 8. The number of guanidine groups is 1. The number of nitrogens with two attached hydrogens (primary N) is 1. The van der Waals surface area contributed by atoms with E-state index in [9.17, 15) is 67.8 Å². The summed E-state index contributed by atoms with van der Waals surface area (Å²) in [7, 11) is -19.4. The molecule has 0 bridgehead atoms. The minimum absolute atomic E-state index is 0.0144. The predicted molar refractivity (Wildman–Crippen MR) is 250 cm³/mol. The maximum absolute atomic E-state index is 13.6. The lowest BCUT2D eigenvalue weighted by Gasteiger charge is -2.26. The molecular formula is C36H55N12O25P4+. The monoisotopic (exact) mass is 1180 g/mol. The number of fused-ring (bicyclic) bond motifs is 2. The van der Waals surface area contributed by atoms with Crippen LogP contribution in [0.3, 0.4) is 0 Å². The molecule has 428 valence electrons. The largest absolute Gasteiger partial charge is 0.490 e. The molecule has 17 atom stereocenters. The Kier molecular flexibility index (Phi) is 17.6. The fourth-order valence-corrected chi connectivity index (χ4v) is 13.2. The number of nitrogens with one attached hydrogen (secondary N) is 3. The van der Waals surface area contributed by atoms with Gasteiger partial charge in [0, 0.05) is 38.4 Å². The molecule has 0 amide bonds. The van der Waals surface area contributed by atoms with Crippen molar-refractivity contribution in [3.63, 3.8) is 0 Å². The molecule has 4 aromatic heterocycles. The second kappa shape index (κ2) is 23.0. The summed E-state index contributed by atoms with van der Waals surface area (Å²) >= 11 is 0. The van der Waals surface area contributed by atoms with Crippen LogP contribution in [-0.4, -0.2) is 175 Å². The first-order chi connectivity index (χ1) is 36.1. The molecule has 0 spiro atoms. The summed E-state index contributed by atoms with van der Waals surface area (Å²) in [5.41, 5.74) is 4.48. The van der Waals surface area contributed by atoms with Crippen LogP contribution in [0.5, 0.6) is 0 Å². The number of nitrogen functional groups attached to an aromatic ring is 1. The van der Waals surface area contributed by atoms with Gasteiger partial charge in [-0.3, -0.25) is 37.0 Å². The first kappa shape index (κ1) is 58.8. The number of anilines is 1. The van der Waals surface area contributed by atoms with Crippen molar-refractivity contribution in [2.24, 2.45) is 18.0 Å². The zero-order chi connectivity index (χ0) is 56.1. The maximum Gasteiger partial charge on any atom is 0.490 e. The second-order valence-electron chi connectivity index (χ2n) is 17.7. The number of hydrogen-bond donors (Lipinski definition) is 12. The van der Waals surface area contributed by atoms with Crippen LogP contribution in [0.2, 0.25) is 0 Å². The molecule has 4 aliphatic heterocycles. The van der Waals surface area contributed by atoms with E-state index in [1.165, 1.54) is 27.1 Å². The van der Waals surface area contributed by atoms with Crippen LogP contribution in [-0.2, 0) is 75.7 Å². The molecule has 13 N–H and O–H groups in total. The van der Waals surface area contributed by atoms with Gasteiger partial charge in [0.15, 0.2) is 30.1 Å². The number of H-pyrrole nitrogens is 1. The minimum atomic E-state index is -6.17. The molecule has 0 saturated carbocycles. The van der Waals surface area contributed by atoms with Crippen LogP contribution in [0, 0.1) is 5.92 Å². The number of phosphoric acid groups is 4. The molecule has 3 saturated heterocycles. The number of aliphatic hydroxyl groups is 4. The van der Waals surface area contributed by atoms with E-state index in [1.54, 1.807) is 7.05 Å². The Morgan fingerprint density at radius 2 is 1.40 bits per heavy atom. The summed E-state index contributed by atoms with van der Waals surface area (Å²) in [4.78, 5) is 85.2. The first-order valence-corrected chi connectivity index (χ1v) is 28.6. The Hall–Kier alpha value is -4.33. The smallest absolute Gasteiger partial charge is 0.387 e. The summed E-state index contributed by atoms with van der Waals surface area (Å²) in [5, 5.41) is 49.4. The van der Waals surface area contributed by atoms with Crippen LogP contribution in [0.4, 0.5) is 11.6 Å². The summed E-state index contributed by atoms with van der Waals surface area (Å²) in [6.07, 6.45) is -14.2. The van der Waals surface area contributed by atoms with Crippen LogP contribution < -0.4 is 32.2 Å². The number of aliphatic imine (C=N–C) groups is 1. The first-order valence-electron chi connectivity index (χ1n) is 22.6. The standard InChI is InChI=1S/C36H54N12O25P4/c1-15(2)41-35-43-30-22(31(53)44-35)45(3)14-48(30)32-23(50)16(8-63-4)17(68-32)9-66-75(57,58)72-77(61,62)73-76(59,60)67-11-19-26(27(64-5)34(70-19)47-13-40-21-28(37)38-12-39-29(21)47)71-74(55,56)65-10-18-24(51)25(52)33(69-18)46-7-6-20(49)42-36(46)54/h6-7,12-19,23-27,31-34,50-53H,8-11H2,1-5H3,(H8-,37,38,39,41,42,43,44,49,54,55,56,57,58,59,60,61,62)/p+1/t16-,17-,18-,19-,23-,24-,25-,26-,27-,31?,32-,33-,34-/m1/s1. The number of imidazole rings is 2. The normalized spacial score (nSPS) is 31.6. The van der Waals surface area contributed by atoms with Crippen molar-refractivity contribution in [1.29, 1.82) is 0 Å². The average molecular weight is 1180 g/mol. The molecule has 0 aliphatic carbocycles. The predicted octanol–water partition coefficient (Wildman–Crippen LogP) is -3.21.